The van der Waals surface area contributed by atoms with Gasteiger partial charge in [-0.25, -0.2) is 9.78 Å². The van der Waals surface area contributed by atoms with E-state index in [1.54, 1.807) is 6.07 Å². The maximum Gasteiger partial charge on any atom is 0.335 e. The number of rotatable bonds is 4. The molecule has 1 aromatic heterocycles. The summed E-state index contributed by atoms with van der Waals surface area (Å²) >= 11 is 7.32. The van der Waals surface area contributed by atoms with Crippen LogP contribution in [0.5, 0.6) is 0 Å². The Hall–Kier alpha value is -1.66. The van der Waals surface area contributed by atoms with Crippen LogP contribution >= 0.6 is 23.1 Å². The molecule has 0 aliphatic heterocycles. The summed E-state index contributed by atoms with van der Waals surface area (Å²) in [6, 6.07) is 4.54. The third kappa shape index (κ3) is 2.69. The maximum atomic E-state index is 10.8. The second-order valence-electron chi connectivity index (χ2n) is 4.36. The Balaban J connectivity index is 1.79. The summed E-state index contributed by atoms with van der Waals surface area (Å²) < 4.78 is 4.28. The number of nitrogens with zero attached hydrogens (tertiary/aromatic N) is 2. The standard InChI is InChI=1S/C12H10ClN3O2S/c13-8-5-7(11(17)18)3-4-9(8)14-12-15-10(16-19-12)6-1-2-6/h3-6H,1-2H2,(H,17,18)(H,14,15,16). The molecule has 98 valence electrons. The Morgan fingerprint density at radius 1 is 1.47 bits per heavy atom. The van der Waals surface area contributed by atoms with Crippen LogP contribution in [-0.4, -0.2) is 20.4 Å². The van der Waals surface area contributed by atoms with Crippen LogP contribution in [0.25, 0.3) is 0 Å². The molecule has 0 amide bonds. The lowest BCUT2D eigenvalue weighted by Gasteiger charge is -2.05. The maximum absolute atomic E-state index is 10.8. The van der Waals surface area contributed by atoms with Gasteiger partial charge >= 0.3 is 5.97 Å². The zero-order chi connectivity index (χ0) is 13.4. The number of carbonyl (C=O) groups is 1. The molecule has 1 aliphatic rings. The normalized spacial score (nSPS) is 14.4. The Labute approximate surface area is 118 Å². The lowest BCUT2D eigenvalue weighted by Crippen LogP contribution is -1.97. The molecule has 0 unspecified atom stereocenters. The summed E-state index contributed by atoms with van der Waals surface area (Å²) in [6.07, 6.45) is 2.31. The minimum absolute atomic E-state index is 0.159. The van der Waals surface area contributed by atoms with Crippen molar-refractivity contribution in [1.29, 1.82) is 0 Å². The zero-order valence-corrected chi connectivity index (χ0v) is 11.3. The molecule has 2 aromatic rings. The first-order valence-electron chi connectivity index (χ1n) is 5.77. The van der Waals surface area contributed by atoms with E-state index in [2.05, 4.69) is 14.7 Å². The number of hydrogen-bond acceptors (Lipinski definition) is 5. The smallest absolute Gasteiger partial charge is 0.335 e. The van der Waals surface area contributed by atoms with E-state index in [4.69, 9.17) is 16.7 Å². The first kappa shape index (κ1) is 12.4. The predicted octanol–water partition coefficient (Wildman–Crippen LogP) is 3.51. The van der Waals surface area contributed by atoms with Gasteiger partial charge in [0.25, 0.3) is 0 Å². The fraction of sp³-hybridized carbons (Fsp3) is 0.250. The third-order valence-electron chi connectivity index (χ3n) is 2.84. The molecule has 7 heteroatoms. The highest BCUT2D eigenvalue weighted by atomic mass is 35.5. The van der Waals surface area contributed by atoms with E-state index in [0.29, 0.717) is 21.8 Å². The zero-order valence-electron chi connectivity index (χ0n) is 9.76. The van der Waals surface area contributed by atoms with Crippen LogP contribution in [0.15, 0.2) is 18.2 Å². The summed E-state index contributed by atoms with van der Waals surface area (Å²) in [6.45, 7) is 0. The Bertz CT molecular complexity index is 640. The van der Waals surface area contributed by atoms with Crippen molar-refractivity contribution in [3.05, 3.63) is 34.6 Å². The molecule has 1 fully saturated rings. The number of benzene rings is 1. The van der Waals surface area contributed by atoms with Crippen LogP contribution in [0.3, 0.4) is 0 Å². The van der Waals surface area contributed by atoms with Crippen LogP contribution < -0.4 is 5.32 Å². The van der Waals surface area contributed by atoms with Crippen molar-refractivity contribution in [3.8, 4) is 0 Å². The van der Waals surface area contributed by atoms with Gasteiger partial charge in [0.05, 0.1) is 16.3 Å². The Morgan fingerprint density at radius 3 is 2.89 bits per heavy atom. The lowest BCUT2D eigenvalue weighted by molar-refractivity contribution is 0.0697. The molecule has 0 saturated heterocycles. The molecule has 1 saturated carbocycles. The number of aromatic carboxylic acids is 1. The second kappa shape index (κ2) is 4.79. The number of carboxylic acid groups (broad SMARTS) is 1. The van der Waals surface area contributed by atoms with Crippen molar-refractivity contribution in [1.82, 2.24) is 9.36 Å². The largest absolute Gasteiger partial charge is 0.478 e. The highest BCUT2D eigenvalue weighted by Gasteiger charge is 2.27. The van der Waals surface area contributed by atoms with Crippen molar-refractivity contribution in [2.24, 2.45) is 0 Å². The van der Waals surface area contributed by atoms with Crippen molar-refractivity contribution >= 4 is 39.9 Å². The van der Waals surface area contributed by atoms with E-state index >= 15 is 0 Å². The SMILES string of the molecule is O=C(O)c1ccc(Nc2nc(C3CC3)ns2)c(Cl)c1. The topological polar surface area (TPSA) is 75.1 Å². The molecule has 19 heavy (non-hydrogen) atoms. The van der Waals surface area contributed by atoms with Gasteiger partial charge < -0.3 is 10.4 Å². The summed E-state index contributed by atoms with van der Waals surface area (Å²) in [5, 5.41) is 12.9. The van der Waals surface area contributed by atoms with E-state index in [9.17, 15) is 4.79 Å². The summed E-state index contributed by atoms with van der Waals surface area (Å²) in [4.78, 5) is 15.2. The highest BCUT2D eigenvalue weighted by molar-refractivity contribution is 7.09. The number of carboxylic acids is 1. The average molecular weight is 296 g/mol. The summed E-state index contributed by atoms with van der Waals surface area (Å²) in [5.74, 6) is 0.392. The molecular weight excluding hydrogens is 286 g/mol. The van der Waals surface area contributed by atoms with Crippen LogP contribution in [0.1, 0.15) is 34.9 Å². The number of nitrogens with one attached hydrogen (secondary N) is 1. The lowest BCUT2D eigenvalue weighted by atomic mass is 10.2. The fourth-order valence-electron chi connectivity index (χ4n) is 1.66. The average Bonchev–Trinajstić information content (AvgIpc) is 3.12. The van der Waals surface area contributed by atoms with Crippen LogP contribution in [-0.2, 0) is 0 Å². The minimum atomic E-state index is -1.000. The minimum Gasteiger partial charge on any atom is -0.478 e. The van der Waals surface area contributed by atoms with Crippen molar-refractivity contribution in [2.75, 3.05) is 5.32 Å². The van der Waals surface area contributed by atoms with Gasteiger partial charge in [0.2, 0.25) is 5.13 Å². The van der Waals surface area contributed by atoms with E-state index in [1.807, 2.05) is 0 Å². The molecule has 2 N–H and O–H groups in total. The van der Waals surface area contributed by atoms with Gasteiger partial charge in [-0.15, -0.1) is 0 Å². The molecule has 3 rings (SSSR count). The van der Waals surface area contributed by atoms with Gasteiger partial charge in [-0.2, -0.15) is 4.37 Å². The molecule has 0 bridgehead atoms. The predicted molar refractivity (Wildman–Crippen MR) is 73.6 cm³/mol. The van der Waals surface area contributed by atoms with Crippen molar-refractivity contribution in [3.63, 3.8) is 0 Å². The number of halogens is 1. The molecule has 0 atom stereocenters. The number of hydrogen-bond donors (Lipinski definition) is 2. The summed E-state index contributed by atoms with van der Waals surface area (Å²) in [7, 11) is 0. The molecule has 0 radical (unpaired) electrons. The molecule has 1 aromatic carbocycles. The fourth-order valence-corrected chi connectivity index (χ4v) is 2.55. The van der Waals surface area contributed by atoms with Crippen LogP contribution in [0.4, 0.5) is 10.8 Å². The molecular formula is C12H10ClN3O2S. The molecule has 5 nitrogen and oxygen atoms in total. The van der Waals surface area contributed by atoms with Crippen molar-refractivity contribution < 1.29 is 9.90 Å². The van der Waals surface area contributed by atoms with Crippen molar-refractivity contribution in [2.45, 2.75) is 18.8 Å². The van der Waals surface area contributed by atoms with Gasteiger partial charge in [0.15, 0.2) is 0 Å². The van der Waals surface area contributed by atoms with Gasteiger partial charge in [-0.3, -0.25) is 0 Å². The van der Waals surface area contributed by atoms with E-state index in [-0.39, 0.29) is 5.56 Å². The first-order valence-corrected chi connectivity index (χ1v) is 6.92. The Kier molecular flexibility index (Phi) is 3.12. The van der Waals surface area contributed by atoms with Gasteiger partial charge in [-0.05, 0) is 31.0 Å². The van der Waals surface area contributed by atoms with Crippen LogP contribution in [0, 0.1) is 0 Å². The summed E-state index contributed by atoms with van der Waals surface area (Å²) in [5.41, 5.74) is 0.789. The molecule has 1 heterocycles. The number of anilines is 2. The first-order chi connectivity index (χ1) is 9.13. The van der Waals surface area contributed by atoms with Gasteiger partial charge in [0, 0.05) is 17.5 Å². The quantitative estimate of drug-likeness (QED) is 0.903. The number of aromatic nitrogens is 2. The van der Waals surface area contributed by atoms with E-state index in [1.165, 1.54) is 23.7 Å². The molecule has 1 aliphatic carbocycles. The highest BCUT2D eigenvalue weighted by Crippen LogP contribution is 2.39. The van der Waals surface area contributed by atoms with Crippen LogP contribution in [0.2, 0.25) is 5.02 Å². The second-order valence-corrected chi connectivity index (χ2v) is 5.52. The Morgan fingerprint density at radius 2 is 2.26 bits per heavy atom. The van der Waals surface area contributed by atoms with Gasteiger partial charge in [0.1, 0.15) is 5.82 Å². The molecule has 0 spiro atoms. The third-order valence-corrected chi connectivity index (χ3v) is 3.80. The monoisotopic (exact) mass is 295 g/mol. The van der Waals surface area contributed by atoms with E-state index in [0.717, 1.165) is 18.7 Å². The van der Waals surface area contributed by atoms with E-state index < -0.39 is 5.97 Å². The van der Waals surface area contributed by atoms with Gasteiger partial charge in [-0.1, -0.05) is 11.6 Å².